The quantitative estimate of drug-likeness (QED) is 0.925. The first kappa shape index (κ1) is 14.1. The van der Waals surface area contributed by atoms with Crippen LogP contribution in [0.25, 0.3) is 0 Å². The van der Waals surface area contributed by atoms with Gasteiger partial charge < -0.3 is 10.2 Å². The number of amides is 1. The van der Waals surface area contributed by atoms with Crippen LogP contribution in [-0.2, 0) is 4.79 Å². The van der Waals surface area contributed by atoms with E-state index >= 15 is 0 Å². The second-order valence-corrected chi connectivity index (χ2v) is 5.47. The summed E-state index contributed by atoms with van der Waals surface area (Å²) >= 11 is 5.89. The molecule has 0 spiro atoms. The molecule has 0 aliphatic carbocycles. The molecule has 1 amide bonds. The molecule has 1 saturated heterocycles. The third-order valence-electron chi connectivity index (χ3n) is 3.37. The fourth-order valence-electron chi connectivity index (χ4n) is 2.33. The largest absolute Gasteiger partial charge is 0.375 e. The van der Waals surface area contributed by atoms with Crippen LogP contribution in [0.3, 0.4) is 0 Å². The van der Waals surface area contributed by atoms with Crippen molar-refractivity contribution in [2.24, 2.45) is 5.92 Å². The third-order valence-corrected chi connectivity index (χ3v) is 3.68. The van der Waals surface area contributed by atoms with E-state index < -0.39 is 0 Å². The number of piperidine rings is 1. The van der Waals surface area contributed by atoms with E-state index in [1.165, 1.54) is 18.6 Å². The van der Waals surface area contributed by atoms with Gasteiger partial charge in [-0.2, -0.15) is 0 Å². The van der Waals surface area contributed by atoms with Gasteiger partial charge in [0.15, 0.2) is 0 Å². The molecular weight excluding hydrogens is 267 g/mol. The maximum absolute atomic E-state index is 12.9. The molecule has 19 heavy (non-hydrogen) atoms. The molecule has 1 heterocycles. The Bertz CT molecular complexity index is 467. The number of carbonyl (C=O) groups is 1. The lowest BCUT2D eigenvalue weighted by Gasteiger charge is -2.31. The molecule has 0 radical (unpaired) electrons. The number of likely N-dealkylation sites (tertiary alicyclic amines) is 1. The molecule has 104 valence electrons. The molecule has 1 aromatic rings. The Morgan fingerprint density at radius 3 is 3.05 bits per heavy atom. The fourth-order valence-corrected chi connectivity index (χ4v) is 2.57. The van der Waals surface area contributed by atoms with Crippen LogP contribution in [0.2, 0.25) is 5.02 Å². The number of hydrogen-bond acceptors (Lipinski definition) is 2. The smallest absolute Gasteiger partial charge is 0.241 e. The Hall–Kier alpha value is -1.29. The zero-order valence-electron chi connectivity index (χ0n) is 11.0. The summed E-state index contributed by atoms with van der Waals surface area (Å²) in [5.74, 6) is 0.241. The van der Waals surface area contributed by atoms with E-state index in [0.29, 0.717) is 16.6 Å². The number of nitrogens with zero attached hydrogens (tertiary/aromatic N) is 1. The molecule has 1 N–H and O–H groups in total. The van der Waals surface area contributed by atoms with Gasteiger partial charge in [-0.15, -0.1) is 0 Å². The number of rotatable bonds is 3. The second kappa shape index (κ2) is 6.24. The average molecular weight is 285 g/mol. The maximum atomic E-state index is 12.9. The van der Waals surface area contributed by atoms with Gasteiger partial charge in [0.1, 0.15) is 5.82 Å². The van der Waals surface area contributed by atoms with Gasteiger partial charge in [0.2, 0.25) is 5.91 Å². The lowest BCUT2D eigenvalue weighted by atomic mass is 10.0. The summed E-state index contributed by atoms with van der Waals surface area (Å²) < 4.78 is 12.9. The van der Waals surface area contributed by atoms with Crippen molar-refractivity contribution in [3.8, 4) is 0 Å². The Labute approximate surface area is 117 Å². The summed E-state index contributed by atoms with van der Waals surface area (Å²) in [6, 6.07) is 4.10. The normalized spacial score (nSPS) is 19.3. The minimum atomic E-state index is -0.383. The van der Waals surface area contributed by atoms with E-state index in [0.717, 1.165) is 19.5 Å². The first-order valence-corrected chi connectivity index (χ1v) is 6.91. The van der Waals surface area contributed by atoms with Gasteiger partial charge in [0, 0.05) is 13.1 Å². The lowest BCUT2D eigenvalue weighted by Crippen LogP contribution is -2.41. The molecular formula is C14H18ClFN2O. The third kappa shape index (κ3) is 3.83. The monoisotopic (exact) mass is 284 g/mol. The van der Waals surface area contributed by atoms with Crippen molar-refractivity contribution in [2.75, 3.05) is 25.0 Å². The Kier molecular flexibility index (Phi) is 4.64. The molecule has 1 aliphatic heterocycles. The van der Waals surface area contributed by atoms with Crippen molar-refractivity contribution in [1.29, 1.82) is 0 Å². The molecule has 1 aromatic carbocycles. The van der Waals surface area contributed by atoms with Gasteiger partial charge in [-0.3, -0.25) is 4.79 Å². The summed E-state index contributed by atoms with van der Waals surface area (Å²) in [6.07, 6.45) is 2.24. The molecule has 0 aromatic heterocycles. The summed E-state index contributed by atoms with van der Waals surface area (Å²) in [7, 11) is 0. The Balaban J connectivity index is 1.89. The van der Waals surface area contributed by atoms with E-state index in [1.807, 2.05) is 4.90 Å². The van der Waals surface area contributed by atoms with Crippen molar-refractivity contribution in [2.45, 2.75) is 19.8 Å². The van der Waals surface area contributed by atoms with Gasteiger partial charge in [-0.05, 0) is 37.0 Å². The first-order valence-electron chi connectivity index (χ1n) is 6.53. The zero-order chi connectivity index (χ0) is 13.8. The predicted octanol–water partition coefficient (Wildman–Crippen LogP) is 3.15. The SMILES string of the molecule is CC1CCCN(C(=O)CNc2ccc(F)cc2Cl)C1. The van der Waals surface area contributed by atoms with E-state index in [9.17, 15) is 9.18 Å². The lowest BCUT2D eigenvalue weighted by molar-refractivity contribution is -0.130. The van der Waals surface area contributed by atoms with E-state index in [-0.39, 0.29) is 18.3 Å². The minimum absolute atomic E-state index is 0.0620. The molecule has 3 nitrogen and oxygen atoms in total. The highest BCUT2D eigenvalue weighted by Gasteiger charge is 2.20. The van der Waals surface area contributed by atoms with Crippen LogP contribution in [0.15, 0.2) is 18.2 Å². The van der Waals surface area contributed by atoms with Gasteiger partial charge in [-0.25, -0.2) is 4.39 Å². The van der Waals surface area contributed by atoms with Crippen LogP contribution < -0.4 is 5.32 Å². The van der Waals surface area contributed by atoms with Crippen LogP contribution >= 0.6 is 11.6 Å². The maximum Gasteiger partial charge on any atom is 0.241 e. The van der Waals surface area contributed by atoms with Gasteiger partial charge in [-0.1, -0.05) is 18.5 Å². The molecule has 0 saturated carbocycles. The Morgan fingerprint density at radius 1 is 1.58 bits per heavy atom. The predicted molar refractivity (Wildman–Crippen MR) is 74.9 cm³/mol. The molecule has 1 aliphatic rings. The topological polar surface area (TPSA) is 32.3 Å². The summed E-state index contributed by atoms with van der Waals surface area (Å²) in [4.78, 5) is 13.9. The van der Waals surface area contributed by atoms with Crippen molar-refractivity contribution in [1.82, 2.24) is 4.90 Å². The van der Waals surface area contributed by atoms with Crippen molar-refractivity contribution >= 4 is 23.2 Å². The van der Waals surface area contributed by atoms with E-state index in [1.54, 1.807) is 6.07 Å². The number of anilines is 1. The van der Waals surface area contributed by atoms with Crippen molar-refractivity contribution in [3.05, 3.63) is 29.0 Å². The van der Waals surface area contributed by atoms with Crippen molar-refractivity contribution in [3.63, 3.8) is 0 Å². The van der Waals surface area contributed by atoms with E-state index in [2.05, 4.69) is 12.2 Å². The first-order chi connectivity index (χ1) is 9.06. The molecule has 2 rings (SSSR count). The highest BCUT2D eigenvalue weighted by atomic mass is 35.5. The number of benzene rings is 1. The number of carbonyl (C=O) groups excluding carboxylic acids is 1. The number of halogens is 2. The summed E-state index contributed by atoms with van der Waals surface area (Å²) in [5.41, 5.74) is 0.585. The molecule has 1 fully saturated rings. The zero-order valence-corrected chi connectivity index (χ0v) is 11.7. The molecule has 1 unspecified atom stereocenters. The minimum Gasteiger partial charge on any atom is -0.375 e. The second-order valence-electron chi connectivity index (χ2n) is 5.06. The molecule has 0 bridgehead atoms. The standard InChI is InChI=1S/C14H18ClFN2O/c1-10-3-2-6-18(9-10)14(19)8-17-13-5-4-11(16)7-12(13)15/h4-5,7,10,17H,2-3,6,8-9H2,1H3. The Morgan fingerprint density at radius 2 is 2.37 bits per heavy atom. The molecule has 1 atom stereocenters. The van der Waals surface area contributed by atoms with Gasteiger partial charge in [0.05, 0.1) is 17.3 Å². The van der Waals surface area contributed by atoms with Crippen LogP contribution in [0, 0.1) is 11.7 Å². The van der Waals surface area contributed by atoms with Crippen LogP contribution in [0.5, 0.6) is 0 Å². The van der Waals surface area contributed by atoms with E-state index in [4.69, 9.17) is 11.6 Å². The van der Waals surface area contributed by atoms with Crippen molar-refractivity contribution < 1.29 is 9.18 Å². The fraction of sp³-hybridized carbons (Fsp3) is 0.500. The van der Waals surface area contributed by atoms with Crippen LogP contribution in [-0.4, -0.2) is 30.4 Å². The highest BCUT2D eigenvalue weighted by Crippen LogP contribution is 2.22. The summed E-state index contributed by atoms with van der Waals surface area (Å²) in [5, 5.41) is 3.25. The summed E-state index contributed by atoms with van der Waals surface area (Å²) in [6.45, 7) is 3.99. The van der Waals surface area contributed by atoms with Crippen LogP contribution in [0.1, 0.15) is 19.8 Å². The van der Waals surface area contributed by atoms with Gasteiger partial charge in [0.25, 0.3) is 0 Å². The van der Waals surface area contributed by atoms with Crippen LogP contribution in [0.4, 0.5) is 10.1 Å². The molecule has 5 heteroatoms. The van der Waals surface area contributed by atoms with Gasteiger partial charge >= 0.3 is 0 Å². The number of nitrogens with one attached hydrogen (secondary N) is 1. The highest BCUT2D eigenvalue weighted by molar-refractivity contribution is 6.33. The average Bonchev–Trinajstić information content (AvgIpc) is 2.37. The number of hydrogen-bond donors (Lipinski definition) is 1.